The van der Waals surface area contributed by atoms with Crippen molar-refractivity contribution in [2.75, 3.05) is 4.72 Å². The first kappa shape index (κ1) is 14.8. The molecule has 1 N–H and O–H groups in total. The minimum Gasteiger partial charge on any atom is -0.261 e. The summed E-state index contributed by atoms with van der Waals surface area (Å²) in [4.78, 5) is 11.3. The molecule has 0 radical (unpaired) electrons. The van der Waals surface area contributed by atoms with Gasteiger partial charge in [-0.1, -0.05) is 0 Å². The molecular weight excluding hydrogens is 414 g/mol. The molecule has 2 heterocycles. The van der Waals surface area contributed by atoms with E-state index in [1.54, 1.807) is 6.07 Å². The lowest BCUT2D eigenvalue weighted by Gasteiger charge is -2.08. The van der Waals surface area contributed by atoms with Crippen LogP contribution >= 0.6 is 31.9 Å². The lowest BCUT2D eigenvalue weighted by Crippen LogP contribution is -2.16. The number of nitrogens with zero attached hydrogens (tertiary/aromatic N) is 4. The summed E-state index contributed by atoms with van der Waals surface area (Å²) in [6, 6.07) is 4.44. The Bertz CT molecular complexity index is 804. The van der Waals surface area contributed by atoms with Crippen molar-refractivity contribution in [1.29, 1.82) is 5.26 Å². The van der Waals surface area contributed by atoms with Crippen molar-refractivity contribution in [3.63, 3.8) is 0 Å². The fourth-order valence-corrected chi connectivity index (χ4v) is 3.45. The second-order valence-corrected chi connectivity index (χ2v) is 6.61. The maximum absolute atomic E-state index is 12.2. The van der Waals surface area contributed by atoms with E-state index >= 15 is 0 Å². The van der Waals surface area contributed by atoms with Gasteiger partial charge in [0.15, 0.2) is 16.1 Å². The van der Waals surface area contributed by atoms with Gasteiger partial charge in [0, 0.05) is 6.20 Å². The number of sulfonamides is 1. The number of rotatable bonds is 3. The van der Waals surface area contributed by atoms with Crippen LogP contribution in [0.4, 0.5) is 5.82 Å². The largest absolute Gasteiger partial charge is 0.266 e. The number of halogens is 2. The van der Waals surface area contributed by atoms with Gasteiger partial charge >= 0.3 is 0 Å². The number of nitriles is 1. The molecule has 0 saturated heterocycles. The van der Waals surface area contributed by atoms with Crippen LogP contribution in [0.1, 0.15) is 5.69 Å². The molecular formula is C10H5Br2N5O2S. The SMILES string of the molecule is N#Cc1ncccc1S(=O)(=O)Nc1ncc(Br)nc1Br. The first-order valence-corrected chi connectivity index (χ1v) is 8.07. The van der Waals surface area contributed by atoms with Crippen LogP contribution in [-0.2, 0) is 10.0 Å². The Morgan fingerprint density at radius 3 is 2.70 bits per heavy atom. The van der Waals surface area contributed by atoms with Gasteiger partial charge in [0.25, 0.3) is 10.0 Å². The first-order chi connectivity index (χ1) is 9.44. The van der Waals surface area contributed by atoms with E-state index in [0.717, 1.165) is 0 Å². The van der Waals surface area contributed by atoms with E-state index in [9.17, 15) is 8.42 Å². The van der Waals surface area contributed by atoms with E-state index in [2.05, 4.69) is 51.5 Å². The Morgan fingerprint density at radius 1 is 1.30 bits per heavy atom. The number of nitrogens with one attached hydrogen (secondary N) is 1. The van der Waals surface area contributed by atoms with Crippen LogP contribution in [0.5, 0.6) is 0 Å². The molecule has 0 aliphatic heterocycles. The molecule has 0 spiro atoms. The lowest BCUT2D eigenvalue weighted by molar-refractivity contribution is 0.600. The van der Waals surface area contributed by atoms with E-state index in [1.165, 1.54) is 24.5 Å². The number of anilines is 1. The molecule has 7 nitrogen and oxygen atoms in total. The molecule has 102 valence electrons. The van der Waals surface area contributed by atoms with Crippen LogP contribution in [0.15, 0.2) is 38.6 Å². The maximum atomic E-state index is 12.2. The van der Waals surface area contributed by atoms with Crippen molar-refractivity contribution in [1.82, 2.24) is 15.0 Å². The molecule has 2 aromatic heterocycles. The quantitative estimate of drug-likeness (QED) is 0.817. The van der Waals surface area contributed by atoms with Crippen LogP contribution in [0.3, 0.4) is 0 Å². The Labute approximate surface area is 131 Å². The molecule has 0 unspecified atom stereocenters. The third-order valence-corrected chi connectivity index (χ3v) is 4.40. The van der Waals surface area contributed by atoms with Crippen LogP contribution in [0.2, 0.25) is 0 Å². The summed E-state index contributed by atoms with van der Waals surface area (Å²) in [5.74, 6) is 0.0148. The minimum absolute atomic E-state index is 0.0148. The maximum Gasteiger partial charge on any atom is 0.266 e. The second-order valence-electron chi connectivity index (χ2n) is 3.40. The zero-order valence-corrected chi connectivity index (χ0v) is 13.6. The molecule has 0 aliphatic carbocycles. The van der Waals surface area contributed by atoms with Gasteiger partial charge in [-0.3, -0.25) is 4.72 Å². The minimum atomic E-state index is -3.97. The van der Waals surface area contributed by atoms with Crippen LogP contribution < -0.4 is 4.72 Å². The molecule has 2 aromatic rings. The molecule has 0 saturated carbocycles. The number of hydrogen-bond donors (Lipinski definition) is 1. The predicted molar refractivity (Wildman–Crippen MR) is 77.2 cm³/mol. The summed E-state index contributed by atoms with van der Waals surface area (Å²) in [6.45, 7) is 0. The summed E-state index contributed by atoms with van der Waals surface area (Å²) < 4.78 is 27.3. The topological polar surface area (TPSA) is 109 Å². The zero-order valence-electron chi connectivity index (χ0n) is 9.58. The average Bonchev–Trinajstić information content (AvgIpc) is 2.42. The van der Waals surface area contributed by atoms with Crippen molar-refractivity contribution in [3.05, 3.63) is 39.4 Å². The predicted octanol–water partition coefficient (Wildman–Crippen LogP) is 2.07. The van der Waals surface area contributed by atoms with Gasteiger partial charge in [0.2, 0.25) is 0 Å². The van der Waals surface area contributed by atoms with Crippen molar-refractivity contribution >= 4 is 47.7 Å². The highest BCUT2D eigenvalue weighted by Crippen LogP contribution is 2.23. The fourth-order valence-electron chi connectivity index (χ4n) is 1.29. The van der Waals surface area contributed by atoms with Crippen molar-refractivity contribution in [2.24, 2.45) is 0 Å². The second kappa shape index (κ2) is 5.82. The van der Waals surface area contributed by atoms with Crippen LogP contribution in [0, 0.1) is 11.3 Å². The molecule has 0 amide bonds. The molecule has 0 bridgehead atoms. The standard InChI is InChI=1S/C10H5Br2N5O2S/c11-8-5-15-10(9(12)16-8)17-20(18,19)7-2-1-3-14-6(7)4-13/h1-3,5H,(H,15,17). The molecule has 10 heteroatoms. The molecule has 2 rings (SSSR count). The molecule has 0 fully saturated rings. The van der Waals surface area contributed by atoms with Gasteiger partial charge in [0.1, 0.15) is 15.6 Å². The van der Waals surface area contributed by atoms with Crippen LogP contribution in [-0.4, -0.2) is 23.4 Å². The zero-order chi connectivity index (χ0) is 14.8. The number of hydrogen-bond acceptors (Lipinski definition) is 6. The lowest BCUT2D eigenvalue weighted by atomic mass is 10.4. The van der Waals surface area contributed by atoms with Gasteiger partial charge in [-0.15, -0.1) is 0 Å². The number of pyridine rings is 1. The van der Waals surface area contributed by atoms with Crippen molar-refractivity contribution in [2.45, 2.75) is 4.90 Å². The van der Waals surface area contributed by atoms with Gasteiger partial charge in [-0.05, 0) is 44.0 Å². The molecule has 0 aliphatic rings. The van der Waals surface area contributed by atoms with E-state index in [-0.39, 0.29) is 21.0 Å². The first-order valence-electron chi connectivity index (χ1n) is 5.00. The van der Waals surface area contributed by atoms with Gasteiger partial charge in [-0.2, -0.15) is 5.26 Å². The van der Waals surface area contributed by atoms with Gasteiger partial charge in [0.05, 0.1) is 6.20 Å². The van der Waals surface area contributed by atoms with E-state index in [4.69, 9.17) is 5.26 Å². The number of aromatic nitrogens is 3. The third kappa shape index (κ3) is 3.12. The summed E-state index contributed by atoms with van der Waals surface area (Å²) >= 11 is 6.21. The Hall–Kier alpha value is -1.57. The van der Waals surface area contributed by atoms with Gasteiger partial charge < -0.3 is 0 Å². The smallest absolute Gasteiger partial charge is 0.261 e. The molecule has 20 heavy (non-hydrogen) atoms. The fraction of sp³-hybridized carbons (Fsp3) is 0. The summed E-state index contributed by atoms with van der Waals surface area (Å²) in [7, 11) is -3.97. The Balaban J connectivity index is 2.44. The highest BCUT2D eigenvalue weighted by molar-refractivity contribution is 9.11. The van der Waals surface area contributed by atoms with E-state index < -0.39 is 10.0 Å². The van der Waals surface area contributed by atoms with Crippen molar-refractivity contribution < 1.29 is 8.42 Å². The van der Waals surface area contributed by atoms with Crippen LogP contribution in [0.25, 0.3) is 0 Å². The highest BCUT2D eigenvalue weighted by Gasteiger charge is 2.21. The van der Waals surface area contributed by atoms with Gasteiger partial charge in [-0.25, -0.2) is 23.4 Å². The third-order valence-electron chi connectivity index (χ3n) is 2.10. The summed E-state index contributed by atoms with van der Waals surface area (Å²) in [5, 5.41) is 8.89. The van der Waals surface area contributed by atoms with Crippen molar-refractivity contribution in [3.8, 4) is 6.07 Å². The molecule has 0 atom stereocenters. The summed E-state index contributed by atoms with van der Waals surface area (Å²) in [6.07, 6.45) is 2.68. The molecule has 0 aromatic carbocycles. The normalized spacial score (nSPS) is 10.8. The summed E-state index contributed by atoms with van der Waals surface area (Å²) in [5.41, 5.74) is -0.193. The average molecular weight is 419 g/mol. The Morgan fingerprint density at radius 2 is 2.05 bits per heavy atom. The monoisotopic (exact) mass is 417 g/mol. The Kier molecular flexibility index (Phi) is 4.32. The van der Waals surface area contributed by atoms with E-state index in [1.807, 2.05) is 0 Å². The van der Waals surface area contributed by atoms with E-state index in [0.29, 0.717) is 4.60 Å². The highest BCUT2D eigenvalue weighted by atomic mass is 79.9.